The number of H-pyrrole nitrogens is 1. The van der Waals surface area contributed by atoms with Gasteiger partial charge in [0.1, 0.15) is 11.5 Å². The van der Waals surface area contributed by atoms with Gasteiger partial charge in [-0.1, -0.05) is 6.42 Å². The molecule has 0 radical (unpaired) electrons. The van der Waals surface area contributed by atoms with Crippen LogP contribution in [0.15, 0.2) is 48.8 Å². The summed E-state index contributed by atoms with van der Waals surface area (Å²) in [7, 11) is 3.24. The number of nitrogens with one attached hydrogen (secondary N) is 2. The Morgan fingerprint density at radius 2 is 1.50 bits per heavy atom. The quantitative estimate of drug-likeness (QED) is 0.338. The number of aromatic amines is 1. The molecule has 4 heterocycles. The summed E-state index contributed by atoms with van der Waals surface area (Å²) in [6, 6.07) is 11.6. The lowest BCUT2D eigenvalue weighted by Crippen LogP contribution is -2.31. The summed E-state index contributed by atoms with van der Waals surface area (Å²) in [4.78, 5) is 32.3. The Balaban J connectivity index is 1.46. The number of ether oxygens (including phenoxy) is 2. The number of imide groups is 1. The Morgan fingerprint density at radius 3 is 2.24 bits per heavy atom. The Labute approximate surface area is 221 Å². The molecule has 0 spiro atoms. The van der Waals surface area contributed by atoms with E-state index < -0.39 is 11.8 Å². The third-order valence-electron chi connectivity index (χ3n) is 7.77. The van der Waals surface area contributed by atoms with Gasteiger partial charge in [0.2, 0.25) is 0 Å². The number of carbonyl (C=O) groups excluding carboxylic acids is 2. The maximum atomic E-state index is 13.3. The first kappa shape index (κ1) is 24.3. The van der Waals surface area contributed by atoms with Gasteiger partial charge in [-0.25, -0.2) is 0 Å². The molecule has 0 unspecified atom stereocenters. The number of rotatable bonds is 8. The lowest BCUT2D eigenvalue weighted by molar-refractivity contribution is -0.122. The second-order valence-corrected chi connectivity index (χ2v) is 10.0. The number of methoxy groups -OCH3 is 2. The molecule has 2 aliphatic rings. The van der Waals surface area contributed by atoms with E-state index in [2.05, 4.69) is 19.8 Å². The molecule has 0 atom stereocenters. The van der Waals surface area contributed by atoms with Crippen LogP contribution >= 0.6 is 0 Å². The molecular weight excluding hydrogens is 480 g/mol. The minimum atomic E-state index is -0.400. The van der Waals surface area contributed by atoms with E-state index in [1.54, 1.807) is 20.4 Å². The highest BCUT2D eigenvalue weighted by atomic mass is 16.5. The number of hydrogen-bond acceptors (Lipinski definition) is 5. The molecule has 8 nitrogen and oxygen atoms in total. The molecule has 0 bridgehead atoms. The van der Waals surface area contributed by atoms with Crippen molar-refractivity contribution in [2.45, 2.75) is 32.2 Å². The topological polar surface area (TPSA) is 88.6 Å². The summed E-state index contributed by atoms with van der Waals surface area (Å²) in [5, 5.41) is 4.25. The van der Waals surface area contributed by atoms with Crippen molar-refractivity contribution in [2.75, 3.05) is 33.9 Å². The summed E-state index contributed by atoms with van der Waals surface area (Å²) < 4.78 is 13.1. The molecule has 8 heteroatoms. The van der Waals surface area contributed by atoms with E-state index >= 15 is 0 Å². The fourth-order valence-electron chi connectivity index (χ4n) is 5.84. The lowest BCUT2D eigenvalue weighted by atomic mass is 9.95. The third kappa shape index (κ3) is 4.24. The van der Waals surface area contributed by atoms with Crippen molar-refractivity contribution in [1.29, 1.82) is 0 Å². The van der Waals surface area contributed by atoms with Crippen LogP contribution in [0.1, 0.15) is 36.8 Å². The van der Waals surface area contributed by atoms with Crippen molar-refractivity contribution in [3.63, 3.8) is 0 Å². The molecule has 1 fully saturated rings. The maximum absolute atomic E-state index is 13.3. The van der Waals surface area contributed by atoms with Crippen LogP contribution < -0.4 is 14.8 Å². The normalized spacial score (nSPS) is 16.6. The van der Waals surface area contributed by atoms with Gasteiger partial charge >= 0.3 is 0 Å². The smallest absolute Gasteiger partial charge is 0.259 e. The average molecular weight is 513 g/mol. The van der Waals surface area contributed by atoms with Crippen molar-refractivity contribution in [3.05, 3.63) is 59.9 Å². The van der Waals surface area contributed by atoms with Crippen LogP contribution in [0.25, 0.3) is 33.0 Å². The Morgan fingerprint density at radius 1 is 0.816 bits per heavy atom. The largest absolute Gasteiger partial charge is 0.497 e. The molecule has 2 aliphatic heterocycles. The first-order valence-electron chi connectivity index (χ1n) is 13.2. The molecule has 2 amide bonds. The number of benzene rings is 2. The number of piperidine rings is 1. The second kappa shape index (κ2) is 10.0. The van der Waals surface area contributed by atoms with E-state index in [1.165, 1.54) is 32.4 Å². The van der Waals surface area contributed by atoms with E-state index in [9.17, 15) is 9.59 Å². The predicted molar refractivity (Wildman–Crippen MR) is 148 cm³/mol. The number of hydrogen-bond donors (Lipinski definition) is 2. The molecule has 2 aromatic carbocycles. The van der Waals surface area contributed by atoms with Gasteiger partial charge in [0.25, 0.3) is 11.8 Å². The average Bonchev–Trinajstić information content (AvgIpc) is 3.60. The molecule has 0 aliphatic carbocycles. The van der Waals surface area contributed by atoms with E-state index in [0.717, 1.165) is 46.9 Å². The predicted octanol–water partition coefficient (Wildman–Crippen LogP) is 4.58. The van der Waals surface area contributed by atoms with Crippen molar-refractivity contribution < 1.29 is 19.1 Å². The van der Waals surface area contributed by atoms with Gasteiger partial charge in [0, 0.05) is 51.9 Å². The van der Waals surface area contributed by atoms with Crippen LogP contribution in [0.4, 0.5) is 0 Å². The minimum Gasteiger partial charge on any atom is -0.497 e. The zero-order valence-corrected chi connectivity index (χ0v) is 21.8. The molecule has 0 saturated carbocycles. The zero-order valence-electron chi connectivity index (χ0n) is 21.8. The third-order valence-corrected chi connectivity index (χ3v) is 7.77. The number of carbonyl (C=O) groups is 2. The highest BCUT2D eigenvalue weighted by molar-refractivity contribution is 6.50. The van der Waals surface area contributed by atoms with E-state index in [1.807, 2.05) is 42.6 Å². The van der Waals surface area contributed by atoms with E-state index in [-0.39, 0.29) is 0 Å². The van der Waals surface area contributed by atoms with E-state index in [0.29, 0.717) is 28.2 Å². The van der Waals surface area contributed by atoms with Crippen molar-refractivity contribution in [3.8, 4) is 11.5 Å². The summed E-state index contributed by atoms with van der Waals surface area (Å²) in [5.74, 6) is 0.592. The van der Waals surface area contributed by atoms with Gasteiger partial charge in [-0.15, -0.1) is 0 Å². The zero-order chi connectivity index (χ0) is 26.2. The Kier molecular flexibility index (Phi) is 6.41. The van der Waals surface area contributed by atoms with Gasteiger partial charge in [0.05, 0.1) is 25.4 Å². The highest BCUT2D eigenvalue weighted by Gasteiger charge is 2.35. The summed E-state index contributed by atoms with van der Waals surface area (Å²) in [6.45, 7) is 4.21. The van der Waals surface area contributed by atoms with Crippen molar-refractivity contribution in [2.24, 2.45) is 0 Å². The van der Waals surface area contributed by atoms with Gasteiger partial charge in [-0.3, -0.25) is 14.9 Å². The van der Waals surface area contributed by atoms with Crippen LogP contribution in [0.2, 0.25) is 0 Å². The SMILES string of the molecule is COc1ccc2[nH]cc(C3=C(c4cn(CCCN5CCCCC5)c5ccc(OC)cc45)C(=O)NC3=O)c2c1. The fourth-order valence-corrected chi connectivity index (χ4v) is 5.84. The number of fused-ring (bicyclic) bond motifs is 2. The van der Waals surface area contributed by atoms with Crippen LogP contribution in [-0.2, 0) is 16.1 Å². The van der Waals surface area contributed by atoms with Gasteiger partial charge < -0.3 is 23.9 Å². The number of likely N-dealkylation sites (tertiary alicyclic amines) is 1. The summed E-state index contributed by atoms with van der Waals surface area (Å²) >= 11 is 0. The molecule has 196 valence electrons. The lowest BCUT2D eigenvalue weighted by Gasteiger charge is -2.26. The van der Waals surface area contributed by atoms with Crippen molar-refractivity contribution >= 4 is 44.8 Å². The molecule has 2 N–H and O–H groups in total. The maximum Gasteiger partial charge on any atom is 0.259 e. The number of aromatic nitrogens is 2. The number of aryl methyl sites for hydroxylation is 1. The van der Waals surface area contributed by atoms with Gasteiger partial charge in [0.15, 0.2) is 0 Å². The van der Waals surface area contributed by atoms with E-state index in [4.69, 9.17) is 9.47 Å². The molecular formula is C30H32N4O4. The number of amides is 2. The summed E-state index contributed by atoms with van der Waals surface area (Å²) in [6.07, 6.45) is 8.69. The van der Waals surface area contributed by atoms with Crippen LogP contribution in [0.5, 0.6) is 11.5 Å². The van der Waals surface area contributed by atoms with Crippen LogP contribution in [0, 0.1) is 0 Å². The Hall–Kier alpha value is -4.04. The fraction of sp³-hybridized carbons (Fsp3) is 0.333. The van der Waals surface area contributed by atoms with Gasteiger partial charge in [-0.05, 0) is 75.3 Å². The van der Waals surface area contributed by atoms with Gasteiger partial charge in [-0.2, -0.15) is 0 Å². The molecule has 4 aromatic rings. The summed E-state index contributed by atoms with van der Waals surface area (Å²) in [5.41, 5.74) is 4.02. The first-order chi connectivity index (χ1) is 18.6. The number of nitrogens with zero attached hydrogens (tertiary/aromatic N) is 2. The highest BCUT2D eigenvalue weighted by Crippen LogP contribution is 2.39. The molecule has 1 saturated heterocycles. The monoisotopic (exact) mass is 512 g/mol. The molecule has 38 heavy (non-hydrogen) atoms. The van der Waals surface area contributed by atoms with Crippen LogP contribution in [0.3, 0.4) is 0 Å². The Bertz CT molecular complexity index is 1570. The first-order valence-corrected chi connectivity index (χ1v) is 13.2. The standard InChI is InChI=1S/C30H32N4O4/c1-37-19-7-9-25-21(15-19)23(17-31-25)27-28(30(36)32-29(27)35)24-18-34(14-6-13-33-11-4-3-5-12-33)26-10-8-20(38-2)16-22(24)26/h7-10,15-18,31H,3-6,11-14H2,1-2H3,(H,32,35,36). The molecule has 2 aromatic heterocycles. The second-order valence-electron chi connectivity index (χ2n) is 10.0. The minimum absolute atomic E-state index is 0.365. The molecule has 6 rings (SSSR count). The van der Waals surface area contributed by atoms with Crippen molar-refractivity contribution in [1.82, 2.24) is 19.8 Å². The van der Waals surface area contributed by atoms with Crippen LogP contribution in [-0.4, -0.2) is 60.1 Å².